The van der Waals surface area contributed by atoms with E-state index in [1.54, 1.807) is 12.4 Å². The van der Waals surface area contributed by atoms with Crippen molar-refractivity contribution in [2.75, 3.05) is 10.2 Å². The number of aromatic nitrogens is 4. The second-order valence-corrected chi connectivity index (χ2v) is 8.27. The number of aromatic amines is 1. The molecule has 4 N–H and O–H groups in total. The van der Waals surface area contributed by atoms with E-state index in [0.717, 1.165) is 52.8 Å². The number of pyridine rings is 1. The lowest BCUT2D eigenvalue weighted by molar-refractivity contribution is 0.100. The van der Waals surface area contributed by atoms with Gasteiger partial charge in [-0.1, -0.05) is 0 Å². The number of rotatable bonds is 4. The highest BCUT2D eigenvalue weighted by Gasteiger charge is 2.41. The van der Waals surface area contributed by atoms with Crippen LogP contribution in [0.5, 0.6) is 0 Å². The summed E-state index contributed by atoms with van der Waals surface area (Å²) in [4.78, 5) is 30.6. The summed E-state index contributed by atoms with van der Waals surface area (Å²) in [6.45, 7) is 0. The number of anilines is 2. The molecule has 2 fully saturated rings. The first-order valence-electron chi connectivity index (χ1n) is 9.38. The number of H-pyrrole nitrogens is 1. The molecule has 0 spiro atoms. The number of nitrogens with one attached hydrogen (secondary N) is 2. The molecule has 8 nitrogen and oxygen atoms in total. The topological polar surface area (TPSA) is 113 Å². The van der Waals surface area contributed by atoms with Crippen molar-refractivity contribution >= 4 is 44.4 Å². The second-order valence-electron chi connectivity index (χ2n) is 7.45. The predicted octanol–water partition coefficient (Wildman–Crippen LogP) is 2.83. The van der Waals surface area contributed by atoms with Crippen LogP contribution in [0, 0.1) is 0 Å². The van der Waals surface area contributed by atoms with E-state index in [1.165, 1.54) is 0 Å². The highest BCUT2D eigenvalue weighted by atomic mass is 79.9. The summed E-state index contributed by atoms with van der Waals surface area (Å²) < 4.78 is 0.743. The highest BCUT2D eigenvalue weighted by molar-refractivity contribution is 9.10. The third-order valence-corrected chi connectivity index (χ3v) is 6.21. The van der Waals surface area contributed by atoms with Crippen molar-refractivity contribution in [1.82, 2.24) is 19.9 Å². The number of primary amides is 1. The van der Waals surface area contributed by atoms with Crippen LogP contribution in [-0.4, -0.2) is 44.0 Å². The molecule has 2 saturated heterocycles. The molecule has 2 bridgehead atoms. The molecule has 2 aliphatic rings. The number of halogens is 1. The quantitative estimate of drug-likeness (QED) is 0.573. The molecule has 0 unspecified atom stereocenters. The van der Waals surface area contributed by atoms with Crippen LogP contribution in [0.1, 0.15) is 36.0 Å². The maximum atomic E-state index is 11.9. The predicted molar refractivity (Wildman–Crippen MR) is 110 cm³/mol. The minimum absolute atomic E-state index is 0.260. The maximum absolute atomic E-state index is 11.9. The van der Waals surface area contributed by atoms with Gasteiger partial charge in [0.2, 0.25) is 0 Å². The number of carbonyl (C=O) groups is 1. The Bertz CT molecular complexity index is 1020. The lowest BCUT2D eigenvalue weighted by Gasteiger charge is -2.40. The number of nitrogens with two attached hydrogens (primary N) is 1. The molecule has 3 aromatic rings. The van der Waals surface area contributed by atoms with Crippen molar-refractivity contribution in [3.63, 3.8) is 0 Å². The zero-order valence-electron chi connectivity index (χ0n) is 15.1. The first-order valence-corrected chi connectivity index (χ1v) is 10.2. The van der Waals surface area contributed by atoms with Gasteiger partial charge in [0.05, 0.1) is 23.6 Å². The van der Waals surface area contributed by atoms with Crippen molar-refractivity contribution in [3.8, 4) is 0 Å². The van der Waals surface area contributed by atoms with Crippen LogP contribution < -0.4 is 16.0 Å². The van der Waals surface area contributed by atoms with Crippen LogP contribution >= 0.6 is 15.9 Å². The molecule has 28 heavy (non-hydrogen) atoms. The average Bonchev–Trinajstić information content (AvgIpc) is 3.25. The van der Waals surface area contributed by atoms with E-state index in [-0.39, 0.29) is 6.04 Å². The van der Waals surface area contributed by atoms with Crippen molar-refractivity contribution < 1.29 is 4.79 Å². The zero-order chi connectivity index (χ0) is 19.3. The second kappa shape index (κ2) is 6.73. The monoisotopic (exact) mass is 441 g/mol. The Morgan fingerprint density at radius 3 is 2.64 bits per heavy atom. The third-order valence-electron chi connectivity index (χ3n) is 5.80. The van der Waals surface area contributed by atoms with E-state index < -0.39 is 5.91 Å². The van der Waals surface area contributed by atoms with Gasteiger partial charge in [-0.05, 0) is 47.7 Å². The van der Waals surface area contributed by atoms with Crippen molar-refractivity contribution in [2.24, 2.45) is 5.73 Å². The summed E-state index contributed by atoms with van der Waals surface area (Å²) in [6.07, 6.45) is 11.2. The molecule has 0 radical (unpaired) electrons. The standard InChI is InChI=1S/C19H20BrN7O/c20-15-8-24-16(9-23-15)27-11-1-2-12(27)6-10(5-11)26-17-13-3-4-22-19(13)25-7-14(17)18(21)28/h3-4,7-12H,1-2,5-6H2,(H2,21,28)(H2,22,25,26)/t10-,11-,12+. The van der Waals surface area contributed by atoms with Gasteiger partial charge in [0.25, 0.3) is 5.91 Å². The number of hydrogen-bond donors (Lipinski definition) is 3. The summed E-state index contributed by atoms with van der Waals surface area (Å²) in [5, 5.41) is 4.50. The third kappa shape index (κ3) is 2.90. The molecule has 0 aliphatic carbocycles. The first-order chi connectivity index (χ1) is 13.6. The highest BCUT2D eigenvalue weighted by Crippen LogP contribution is 2.40. The Balaban J connectivity index is 1.41. The molecular formula is C19H20BrN7O. The maximum Gasteiger partial charge on any atom is 0.252 e. The van der Waals surface area contributed by atoms with Gasteiger partial charge in [0.1, 0.15) is 16.1 Å². The minimum Gasteiger partial charge on any atom is -0.381 e. The number of piperidine rings is 1. The molecule has 0 aromatic carbocycles. The van der Waals surface area contributed by atoms with Crippen molar-refractivity contribution in [3.05, 3.63) is 41.0 Å². The van der Waals surface area contributed by atoms with E-state index in [4.69, 9.17) is 5.73 Å². The van der Waals surface area contributed by atoms with Crippen molar-refractivity contribution in [1.29, 1.82) is 0 Å². The average molecular weight is 442 g/mol. The Morgan fingerprint density at radius 2 is 1.96 bits per heavy atom. The number of carbonyl (C=O) groups excluding carboxylic acids is 1. The summed E-state index contributed by atoms with van der Waals surface area (Å²) in [7, 11) is 0. The zero-order valence-corrected chi connectivity index (χ0v) is 16.7. The Morgan fingerprint density at radius 1 is 1.18 bits per heavy atom. The van der Waals surface area contributed by atoms with E-state index in [9.17, 15) is 4.79 Å². The number of hydrogen-bond acceptors (Lipinski definition) is 6. The van der Waals surface area contributed by atoms with Crippen LogP contribution in [0.4, 0.5) is 11.5 Å². The molecule has 3 atom stereocenters. The smallest absolute Gasteiger partial charge is 0.252 e. The SMILES string of the molecule is NC(=O)c1cnc2[nH]ccc2c1N[C@@H]1C[C@H]2CC[C@@H](C1)N2c1cnc(Br)cn1. The molecular weight excluding hydrogens is 422 g/mol. The largest absolute Gasteiger partial charge is 0.381 e. The molecule has 9 heteroatoms. The Kier molecular flexibility index (Phi) is 4.19. The van der Waals surface area contributed by atoms with Gasteiger partial charge in [0, 0.05) is 35.9 Å². The molecule has 5 heterocycles. The van der Waals surface area contributed by atoms with E-state index in [2.05, 4.69) is 46.1 Å². The number of nitrogens with zero attached hydrogens (tertiary/aromatic N) is 4. The van der Waals surface area contributed by atoms with Crippen LogP contribution in [0.15, 0.2) is 35.5 Å². The number of amides is 1. The van der Waals surface area contributed by atoms with E-state index in [0.29, 0.717) is 17.6 Å². The van der Waals surface area contributed by atoms with Gasteiger partial charge in [-0.25, -0.2) is 15.0 Å². The van der Waals surface area contributed by atoms with E-state index in [1.807, 2.05) is 18.5 Å². The molecule has 0 saturated carbocycles. The van der Waals surface area contributed by atoms with E-state index >= 15 is 0 Å². The molecule has 1 amide bonds. The normalized spacial score (nSPS) is 23.9. The van der Waals surface area contributed by atoms with Crippen LogP contribution in [0.3, 0.4) is 0 Å². The van der Waals surface area contributed by atoms with Crippen LogP contribution in [-0.2, 0) is 0 Å². The van der Waals surface area contributed by atoms with Gasteiger partial charge in [-0.15, -0.1) is 0 Å². The summed E-state index contributed by atoms with van der Waals surface area (Å²) in [5.41, 5.74) is 7.56. The summed E-state index contributed by atoms with van der Waals surface area (Å²) in [6, 6.07) is 3.01. The molecule has 3 aromatic heterocycles. The fraction of sp³-hybridized carbons (Fsp3) is 0.368. The Labute approximate surface area is 170 Å². The van der Waals surface area contributed by atoms with Gasteiger partial charge >= 0.3 is 0 Å². The molecule has 2 aliphatic heterocycles. The van der Waals surface area contributed by atoms with Gasteiger partial charge < -0.3 is 20.9 Å². The minimum atomic E-state index is -0.469. The summed E-state index contributed by atoms with van der Waals surface area (Å²) >= 11 is 3.35. The van der Waals surface area contributed by atoms with Crippen LogP contribution in [0.25, 0.3) is 11.0 Å². The lowest BCUT2D eigenvalue weighted by atomic mass is 9.96. The number of fused-ring (bicyclic) bond motifs is 3. The Hall–Kier alpha value is -2.68. The van der Waals surface area contributed by atoms with Gasteiger partial charge in [-0.2, -0.15) is 0 Å². The van der Waals surface area contributed by atoms with Crippen molar-refractivity contribution in [2.45, 2.75) is 43.8 Å². The molecule has 144 valence electrons. The van der Waals surface area contributed by atoms with Gasteiger partial charge in [-0.3, -0.25) is 4.79 Å². The van der Waals surface area contributed by atoms with Crippen LogP contribution in [0.2, 0.25) is 0 Å². The first kappa shape index (κ1) is 17.4. The lowest BCUT2D eigenvalue weighted by Crippen LogP contribution is -2.47. The fourth-order valence-electron chi connectivity index (χ4n) is 4.66. The molecule has 5 rings (SSSR count). The fourth-order valence-corrected chi connectivity index (χ4v) is 4.87. The van der Waals surface area contributed by atoms with Gasteiger partial charge in [0.15, 0.2) is 0 Å². The summed E-state index contributed by atoms with van der Waals surface area (Å²) in [5.74, 6) is 0.465.